The summed E-state index contributed by atoms with van der Waals surface area (Å²) >= 11 is 5.10. The van der Waals surface area contributed by atoms with Crippen molar-refractivity contribution in [2.75, 3.05) is 0 Å². The first-order valence-electron chi connectivity index (χ1n) is 5.39. The fourth-order valence-electron chi connectivity index (χ4n) is 1.38. The van der Waals surface area contributed by atoms with E-state index < -0.39 is 0 Å². The van der Waals surface area contributed by atoms with Crippen molar-refractivity contribution in [1.29, 1.82) is 0 Å². The average molecular weight is 315 g/mol. The summed E-state index contributed by atoms with van der Waals surface area (Å²) in [4.78, 5) is 5.36. The minimum Gasteiger partial charge on any atom is -0.442 e. The van der Waals surface area contributed by atoms with Crippen LogP contribution in [0, 0.1) is 0 Å². The quantitative estimate of drug-likeness (QED) is 0.928. The predicted octanol–water partition coefficient (Wildman–Crippen LogP) is 4.05. The molecular formula is C12H15BrN2OS. The Morgan fingerprint density at radius 2 is 2.18 bits per heavy atom. The molecule has 0 spiro atoms. The van der Waals surface area contributed by atoms with E-state index in [4.69, 9.17) is 4.42 Å². The van der Waals surface area contributed by atoms with Crippen LogP contribution in [0.2, 0.25) is 0 Å². The number of rotatable bonds is 3. The van der Waals surface area contributed by atoms with Gasteiger partial charge in [-0.1, -0.05) is 0 Å². The number of hydrogen-bond acceptors (Lipinski definition) is 4. The number of oxazole rings is 1. The Labute approximate surface area is 113 Å². The van der Waals surface area contributed by atoms with Gasteiger partial charge in [0.25, 0.3) is 0 Å². The summed E-state index contributed by atoms with van der Waals surface area (Å²) < 4.78 is 6.56. The summed E-state index contributed by atoms with van der Waals surface area (Å²) in [6, 6.07) is 4.05. The zero-order chi connectivity index (χ0) is 12.5. The van der Waals surface area contributed by atoms with Gasteiger partial charge in [-0.2, -0.15) is 0 Å². The number of aromatic nitrogens is 1. The molecule has 2 heterocycles. The fourth-order valence-corrected chi connectivity index (χ4v) is 2.78. The molecule has 5 heteroatoms. The fraction of sp³-hybridized carbons (Fsp3) is 0.417. The summed E-state index contributed by atoms with van der Waals surface area (Å²) in [7, 11) is 0. The van der Waals surface area contributed by atoms with Crippen LogP contribution >= 0.6 is 27.3 Å². The van der Waals surface area contributed by atoms with Gasteiger partial charge in [0.1, 0.15) is 5.69 Å². The summed E-state index contributed by atoms with van der Waals surface area (Å²) in [5.41, 5.74) is 1.03. The molecule has 0 bridgehead atoms. The smallest absolute Gasteiger partial charge is 0.181 e. The summed E-state index contributed by atoms with van der Waals surface area (Å²) in [6.45, 7) is 7.11. The second kappa shape index (κ2) is 4.92. The summed E-state index contributed by atoms with van der Waals surface area (Å²) in [5.74, 6) is 0.859. The maximum atomic E-state index is 5.47. The predicted molar refractivity (Wildman–Crippen MR) is 74.1 cm³/mol. The highest BCUT2D eigenvalue weighted by atomic mass is 79.9. The molecule has 0 radical (unpaired) electrons. The van der Waals surface area contributed by atoms with Crippen LogP contribution in [0.3, 0.4) is 0 Å². The lowest BCUT2D eigenvalue weighted by molar-refractivity contribution is 0.421. The lowest BCUT2D eigenvalue weighted by Gasteiger charge is -2.19. The molecule has 0 aliphatic rings. The molecule has 17 heavy (non-hydrogen) atoms. The third-order valence-electron chi connectivity index (χ3n) is 2.22. The van der Waals surface area contributed by atoms with Crippen molar-refractivity contribution in [2.45, 2.75) is 32.9 Å². The largest absolute Gasteiger partial charge is 0.442 e. The van der Waals surface area contributed by atoms with Crippen molar-refractivity contribution >= 4 is 27.3 Å². The lowest BCUT2D eigenvalue weighted by Crippen LogP contribution is -2.35. The normalized spacial score (nSPS) is 12.0. The first-order chi connectivity index (χ1) is 7.96. The van der Waals surface area contributed by atoms with Crippen molar-refractivity contribution in [1.82, 2.24) is 10.3 Å². The van der Waals surface area contributed by atoms with E-state index in [1.165, 1.54) is 6.39 Å². The van der Waals surface area contributed by atoms with E-state index in [1.54, 1.807) is 11.3 Å². The van der Waals surface area contributed by atoms with Crippen LogP contribution in [-0.4, -0.2) is 10.5 Å². The third-order valence-corrected chi connectivity index (χ3v) is 3.85. The number of hydrogen-bond donors (Lipinski definition) is 1. The van der Waals surface area contributed by atoms with Crippen LogP contribution in [0.15, 0.2) is 26.7 Å². The standard InChI is InChI=1S/C12H15BrN2OS/c1-12(2,3)15-6-8-11(16-7-14-8)9-4-5-10(13)17-9/h4-5,7,15H,6H2,1-3H3. The Morgan fingerprint density at radius 3 is 2.76 bits per heavy atom. The molecule has 2 aromatic rings. The van der Waals surface area contributed by atoms with E-state index in [9.17, 15) is 0 Å². The zero-order valence-corrected chi connectivity index (χ0v) is 12.5. The molecule has 2 rings (SSSR count). The van der Waals surface area contributed by atoms with Gasteiger partial charge in [-0.05, 0) is 48.8 Å². The highest BCUT2D eigenvalue weighted by Gasteiger charge is 2.15. The van der Waals surface area contributed by atoms with Gasteiger partial charge in [0, 0.05) is 12.1 Å². The molecule has 0 fully saturated rings. The molecule has 2 aromatic heterocycles. The summed E-state index contributed by atoms with van der Waals surface area (Å²) in [5, 5.41) is 3.41. The third kappa shape index (κ3) is 3.40. The Balaban J connectivity index is 2.17. The van der Waals surface area contributed by atoms with Gasteiger partial charge in [0.2, 0.25) is 0 Å². The van der Waals surface area contributed by atoms with E-state index in [0.29, 0.717) is 6.54 Å². The number of thiophene rings is 1. The van der Waals surface area contributed by atoms with Crippen molar-refractivity contribution in [3.05, 3.63) is 28.0 Å². The summed E-state index contributed by atoms with van der Waals surface area (Å²) in [6.07, 6.45) is 1.50. The highest BCUT2D eigenvalue weighted by molar-refractivity contribution is 9.11. The first-order valence-corrected chi connectivity index (χ1v) is 7.00. The first kappa shape index (κ1) is 12.8. The van der Waals surface area contributed by atoms with Gasteiger partial charge in [-0.15, -0.1) is 11.3 Å². The molecule has 92 valence electrons. The van der Waals surface area contributed by atoms with Crippen LogP contribution in [0.25, 0.3) is 10.6 Å². The Bertz CT molecular complexity index is 499. The number of nitrogens with one attached hydrogen (secondary N) is 1. The molecule has 0 saturated heterocycles. The second-order valence-corrected chi connectivity index (χ2v) is 7.30. The van der Waals surface area contributed by atoms with Gasteiger partial charge >= 0.3 is 0 Å². The average Bonchev–Trinajstić information content (AvgIpc) is 2.81. The van der Waals surface area contributed by atoms with Crippen LogP contribution in [0.5, 0.6) is 0 Å². The van der Waals surface area contributed by atoms with Crippen LogP contribution in [0.4, 0.5) is 0 Å². The van der Waals surface area contributed by atoms with E-state index in [0.717, 1.165) is 20.1 Å². The van der Waals surface area contributed by atoms with E-state index in [1.807, 2.05) is 12.1 Å². The van der Waals surface area contributed by atoms with Gasteiger partial charge in [0.05, 0.1) is 8.66 Å². The van der Waals surface area contributed by atoms with Gasteiger partial charge in [0.15, 0.2) is 12.2 Å². The van der Waals surface area contributed by atoms with Crippen molar-refractivity contribution in [2.24, 2.45) is 0 Å². The van der Waals surface area contributed by atoms with Crippen molar-refractivity contribution < 1.29 is 4.42 Å². The van der Waals surface area contributed by atoms with Crippen molar-refractivity contribution in [3.8, 4) is 10.6 Å². The minimum atomic E-state index is 0.0756. The second-order valence-electron chi connectivity index (χ2n) is 4.84. The minimum absolute atomic E-state index is 0.0756. The maximum Gasteiger partial charge on any atom is 0.181 e. The van der Waals surface area contributed by atoms with Gasteiger partial charge in [-0.3, -0.25) is 0 Å². The molecule has 0 atom stereocenters. The molecule has 3 nitrogen and oxygen atoms in total. The number of nitrogens with zero attached hydrogens (tertiary/aromatic N) is 1. The Hall–Kier alpha value is -0.650. The van der Waals surface area contributed by atoms with Crippen LogP contribution in [0.1, 0.15) is 26.5 Å². The molecule has 0 aliphatic heterocycles. The molecule has 0 unspecified atom stereocenters. The SMILES string of the molecule is CC(C)(C)NCc1ncoc1-c1ccc(Br)s1. The highest BCUT2D eigenvalue weighted by Crippen LogP contribution is 2.33. The van der Waals surface area contributed by atoms with E-state index in [2.05, 4.69) is 47.0 Å². The molecule has 1 N–H and O–H groups in total. The van der Waals surface area contributed by atoms with Gasteiger partial charge in [-0.25, -0.2) is 4.98 Å². The molecular weight excluding hydrogens is 300 g/mol. The van der Waals surface area contributed by atoms with Crippen LogP contribution in [-0.2, 0) is 6.54 Å². The molecule has 0 saturated carbocycles. The molecule has 0 aromatic carbocycles. The van der Waals surface area contributed by atoms with E-state index >= 15 is 0 Å². The molecule has 0 aliphatic carbocycles. The monoisotopic (exact) mass is 314 g/mol. The van der Waals surface area contributed by atoms with E-state index in [-0.39, 0.29) is 5.54 Å². The van der Waals surface area contributed by atoms with Crippen LogP contribution < -0.4 is 5.32 Å². The number of halogens is 1. The lowest BCUT2D eigenvalue weighted by atomic mass is 10.1. The van der Waals surface area contributed by atoms with Gasteiger partial charge < -0.3 is 9.73 Å². The Morgan fingerprint density at radius 1 is 1.41 bits per heavy atom. The zero-order valence-electron chi connectivity index (χ0n) is 10.1. The Kier molecular flexibility index (Phi) is 3.70. The topological polar surface area (TPSA) is 38.1 Å². The van der Waals surface area contributed by atoms with Crippen molar-refractivity contribution in [3.63, 3.8) is 0 Å². The maximum absolute atomic E-state index is 5.47. The molecule has 0 amide bonds.